The van der Waals surface area contributed by atoms with Gasteiger partial charge >= 0.3 is 0 Å². The van der Waals surface area contributed by atoms with Crippen molar-refractivity contribution in [2.75, 3.05) is 18.0 Å². The lowest BCUT2D eigenvalue weighted by Crippen LogP contribution is -2.27. The Morgan fingerprint density at radius 1 is 1.31 bits per heavy atom. The topological polar surface area (TPSA) is 49.0 Å². The highest BCUT2D eigenvalue weighted by Gasteiger charge is 2.12. The molecule has 4 heteroatoms. The van der Waals surface area contributed by atoms with Gasteiger partial charge < -0.3 is 9.88 Å². The molecule has 1 aliphatic heterocycles. The van der Waals surface area contributed by atoms with Crippen molar-refractivity contribution in [3.63, 3.8) is 0 Å². The van der Waals surface area contributed by atoms with Gasteiger partial charge in [-0.25, -0.2) is 4.98 Å². The zero-order valence-corrected chi connectivity index (χ0v) is 9.83. The molecule has 2 heterocycles. The molecule has 4 nitrogen and oxygen atoms in total. The van der Waals surface area contributed by atoms with E-state index >= 15 is 0 Å². The summed E-state index contributed by atoms with van der Waals surface area (Å²) in [6.07, 6.45) is 5.77. The maximum atomic E-state index is 11.5. The van der Waals surface area contributed by atoms with Crippen LogP contribution in [0, 0.1) is 0 Å². The smallest absolute Gasteiger partial charge is 0.252 e. The summed E-state index contributed by atoms with van der Waals surface area (Å²) >= 11 is 0. The van der Waals surface area contributed by atoms with Gasteiger partial charge in [-0.3, -0.25) is 4.79 Å². The number of H-pyrrole nitrogens is 1. The van der Waals surface area contributed by atoms with Gasteiger partial charge in [0.15, 0.2) is 0 Å². The molecule has 1 aromatic heterocycles. The Bertz CT molecular complexity index is 391. The number of rotatable bonds is 2. The second-order valence-corrected chi connectivity index (χ2v) is 4.31. The molecular formula is C12H19N3O. The van der Waals surface area contributed by atoms with Gasteiger partial charge in [-0.15, -0.1) is 0 Å². The molecule has 0 bridgehead atoms. The molecule has 0 aliphatic carbocycles. The van der Waals surface area contributed by atoms with Crippen LogP contribution in [0.25, 0.3) is 0 Å². The molecule has 1 aliphatic rings. The van der Waals surface area contributed by atoms with Gasteiger partial charge in [0, 0.05) is 25.6 Å². The molecule has 0 unspecified atom stereocenters. The van der Waals surface area contributed by atoms with Crippen LogP contribution in [0.2, 0.25) is 0 Å². The molecule has 0 atom stereocenters. The number of hydrogen-bond acceptors (Lipinski definition) is 3. The molecule has 0 spiro atoms. The van der Waals surface area contributed by atoms with Crippen molar-refractivity contribution in [3.8, 4) is 0 Å². The summed E-state index contributed by atoms with van der Waals surface area (Å²) in [5.74, 6) is 1.63. The lowest BCUT2D eigenvalue weighted by molar-refractivity contribution is 0.726. The van der Waals surface area contributed by atoms with Crippen LogP contribution >= 0.6 is 0 Å². The Hall–Kier alpha value is -1.32. The van der Waals surface area contributed by atoms with Crippen molar-refractivity contribution in [1.29, 1.82) is 0 Å². The summed E-state index contributed by atoms with van der Waals surface area (Å²) in [7, 11) is 0. The standard InChI is InChI=1S/C12H19N3O/c1-2-10-13-11(9-12(16)14-10)15-7-5-3-4-6-8-15/h9H,2-8H2,1H3,(H,13,14,16). The van der Waals surface area contributed by atoms with Crippen LogP contribution in [-0.2, 0) is 6.42 Å². The number of aromatic nitrogens is 2. The largest absolute Gasteiger partial charge is 0.356 e. The second-order valence-electron chi connectivity index (χ2n) is 4.31. The fourth-order valence-corrected chi connectivity index (χ4v) is 2.12. The van der Waals surface area contributed by atoms with Crippen LogP contribution < -0.4 is 10.5 Å². The van der Waals surface area contributed by atoms with E-state index in [1.54, 1.807) is 6.07 Å². The minimum absolute atomic E-state index is 0.0360. The molecule has 0 amide bonds. The lowest BCUT2D eigenvalue weighted by atomic mass is 10.2. The zero-order valence-electron chi connectivity index (χ0n) is 9.83. The van der Waals surface area contributed by atoms with E-state index < -0.39 is 0 Å². The average Bonchev–Trinajstić information content (AvgIpc) is 2.56. The molecular weight excluding hydrogens is 202 g/mol. The van der Waals surface area contributed by atoms with Crippen molar-refractivity contribution in [3.05, 3.63) is 22.2 Å². The van der Waals surface area contributed by atoms with Crippen LogP contribution in [0.5, 0.6) is 0 Å². The summed E-state index contributed by atoms with van der Waals surface area (Å²) in [5, 5.41) is 0. The highest BCUT2D eigenvalue weighted by molar-refractivity contribution is 5.37. The first-order valence-corrected chi connectivity index (χ1v) is 6.15. The first-order chi connectivity index (χ1) is 7.79. The summed E-state index contributed by atoms with van der Waals surface area (Å²) in [5.41, 5.74) is -0.0360. The van der Waals surface area contributed by atoms with E-state index in [-0.39, 0.29) is 5.56 Å². The van der Waals surface area contributed by atoms with Crippen LogP contribution in [0.15, 0.2) is 10.9 Å². The van der Waals surface area contributed by atoms with Crippen LogP contribution in [0.4, 0.5) is 5.82 Å². The Morgan fingerprint density at radius 3 is 2.62 bits per heavy atom. The Labute approximate surface area is 95.7 Å². The SMILES string of the molecule is CCc1nc(N2CCCCCC2)cc(=O)[nH]1. The molecule has 1 aromatic rings. The van der Waals surface area contributed by atoms with Gasteiger partial charge in [-0.2, -0.15) is 0 Å². The number of aryl methyl sites for hydroxylation is 1. The highest BCUT2D eigenvalue weighted by Crippen LogP contribution is 2.15. The molecule has 1 N–H and O–H groups in total. The minimum atomic E-state index is -0.0360. The molecule has 16 heavy (non-hydrogen) atoms. The van der Waals surface area contributed by atoms with E-state index in [1.165, 1.54) is 25.7 Å². The van der Waals surface area contributed by atoms with Crippen LogP contribution in [0.3, 0.4) is 0 Å². The number of anilines is 1. The first-order valence-electron chi connectivity index (χ1n) is 6.15. The van der Waals surface area contributed by atoms with Crippen molar-refractivity contribution >= 4 is 5.82 Å². The minimum Gasteiger partial charge on any atom is -0.356 e. The van der Waals surface area contributed by atoms with Crippen molar-refractivity contribution in [1.82, 2.24) is 9.97 Å². The quantitative estimate of drug-likeness (QED) is 0.827. The predicted octanol–water partition coefficient (Wildman–Crippen LogP) is 1.71. The Morgan fingerprint density at radius 2 is 2.00 bits per heavy atom. The van der Waals surface area contributed by atoms with Crippen LogP contribution in [0.1, 0.15) is 38.4 Å². The maximum Gasteiger partial charge on any atom is 0.252 e. The molecule has 0 saturated carbocycles. The van der Waals surface area contributed by atoms with E-state index in [2.05, 4.69) is 14.9 Å². The molecule has 88 valence electrons. The molecule has 1 saturated heterocycles. The van der Waals surface area contributed by atoms with Crippen molar-refractivity contribution in [2.24, 2.45) is 0 Å². The average molecular weight is 221 g/mol. The zero-order chi connectivity index (χ0) is 11.4. The van der Waals surface area contributed by atoms with Gasteiger partial charge in [-0.05, 0) is 12.8 Å². The van der Waals surface area contributed by atoms with Gasteiger partial charge in [0.1, 0.15) is 11.6 Å². The van der Waals surface area contributed by atoms with Crippen molar-refractivity contribution in [2.45, 2.75) is 39.0 Å². The third-order valence-electron chi connectivity index (χ3n) is 3.04. The number of hydrogen-bond donors (Lipinski definition) is 1. The molecule has 1 fully saturated rings. The fraction of sp³-hybridized carbons (Fsp3) is 0.667. The summed E-state index contributed by atoms with van der Waals surface area (Å²) < 4.78 is 0. The van der Waals surface area contributed by atoms with Gasteiger partial charge in [0.25, 0.3) is 5.56 Å². The third-order valence-corrected chi connectivity index (χ3v) is 3.04. The maximum absolute atomic E-state index is 11.5. The van der Waals surface area contributed by atoms with Crippen molar-refractivity contribution < 1.29 is 0 Å². The summed E-state index contributed by atoms with van der Waals surface area (Å²) in [6, 6.07) is 1.62. The van der Waals surface area contributed by atoms with E-state index in [4.69, 9.17) is 0 Å². The van der Waals surface area contributed by atoms with E-state index in [0.29, 0.717) is 0 Å². The summed E-state index contributed by atoms with van der Waals surface area (Å²) in [4.78, 5) is 21.0. The monoisotopic (exact) mass is 221 g/mol. The van der Waals surface area contributed by atoms with Gasteiger partial charge in [0.05, 0.1) is 0 Å². The normalized spacial score (nSPS) is 17.2. The second kappa shape index (κ2) is 5.14. The number of aromatic amines is 1. The Kier molecular flexibility index (Phi) is 3.59. The van der Waals surface area contributed by atoms with Crippen LogP contribution in [-0.4, -0.2) is 23.1 Å². The predicted molar refractivity (Wildman–Crippen MR) is 64.9 cm³/mol. The lowest BCUT2D eigenvalue weighted by Gasteiger charge is -2.21. The highest BCUT2D eigenvalue weighted by atomic mass is 16.1. The van der Waals surface area contributed by atoms with E-state index in [9.17, 15) is 4.79 Å². The van der Waals surface area contributed by atoms with Gasteiger partial charge in [-0.1, -0.05) is 19.8 Å². The van der Waals surface area contributed by atoms with Gasteiger partial charge in [0.2, 0.25) is 0 Å². The van der Waals surface area contributed by atoms with E-state index in [1.807, 2.05) is 6.92 Å². The first kappa shape index (κ1) is 11.2. The number of nitrogens with one attached hydrogen (secondary N) is 1. The number of nitrogens with zero attached hydrogens (tertiary/aromatic N) is 2. The third kappa shape index (κ3) is 2.62. The Balaban J connectivity index is 2.23. The molecule has 2 rings (SSSR count). The molecule has 0 radical (unpaired) electrons. The van der Waals surface area contributed by atoms with E-state index in [0.717, 1.165) is 31.2 Å². The molecule has 0 aromatic carbocycles. The fourth-order valence-electron chi connectivity index (χ4n) is 2.12. The summed E-state index contributed by atoms with van der Waals surface area (Å²) in [6.45, 7) is 4.06.